The Morgan fingerprint density at radius 3 is 2.57 bits per heavy atom. The Morgan fingerprint density at radius 2 is 1.86 bits per heavy atom. The number of hydrogen-bond donors (Lipinski definition) is 5. The number of imidazole rings is 1. The van der Waals surface area contributed by atoms with Crippen molar-refractivity contribution in [2.75, 3.05) is 29.9 Å². The summed E-state index contributed by atoms with van der Waals surface area (Å²) in [5.41, 5.74) is 1.78. The average Bonchev–Trinajstić information content (AvgIpc) is 3.67. The van der Waals surface area contributed by atoms with Gasteiger partial charge in [0.15, 0.2) is 17.0 Å². The van der Waals surface area contributed by atoms with Crippen molar-refractivity contribution in [1.29, 1.82) is 0 Å². The number of carbonyl (C=O) groups excluding carboxylic acids is 2. The predicted octanol–water partition coefficient (Wildman–Crippen LogP) is 1.64. The summed E-state index contributed by atoms with van der Waals surface area (Å²) in [6, 6.07) is 2.17. The molecule has 226 valence electrons. The van der Waals surface area contributed by atoms with Crippen molar-refractivity contribution in [2.45, 2.75) is 83.7 Å². The number of hydrogen-bond acceptors (Lipinski definition) is 10. The molecule has 0 aromatic carbocycles. The smallest absolute Gasteiger partial charge is 0.251 e. The summed E-state index contributed by atoms with van der Waals surface area (Å²) in [5.74, 6) is 0.747. The van der Waals surface area contributed by atoms with Crippen LogP contribution >= 0.6 is 0 Å². The van der Waals surface area contributed by atoms with E-state index in [0.717, 1.165) is 12.8 Å². The maximum absolute atomic E-state index is 12.7. The number of nitrogens with zero attached hydrogens (tertiary/aromatic N) is 6. The van der Waals surface area contributed by atoms with Gasteiger partial charge in [0, 0.05) is 50.1 Å². The monoisotopic (exact) mass is 579 g/mol. The summed E-state index contributed by atoms with van der Waals surface area (Å²) in [6.45, 7) is 10.1. The van der Waals surface area contributed by atoms with Crippen LogP contribution in [0, 0.1) is 5.41 Å². The van der Waals surface area contributed by atoms with Crippen LogP contribution in [0.1, 0.15) is 69.8 Å². The zero-order valence-electron chi connectivity index (χ0n) is 24.6. The second-order valence-electron chi connectivity index (χ2n) is 12.4. The summed E-state index contributed by atoms with van der Waals surface area (Å²) in [4.78, 5) is 45.1. The van der Waals surface area contributed by atoms with Gasteiger partial charge in [-0.15, -0.1) is 0 Å². The lowest BCUT2D eigenvalue weighted by atomic mass is 9.92. The third-order valence-electron chi connectivity index (χ3n) is 8.00. The second-order valence-corrected chi connectivity index (χ2v) is 12.4. The molecule has 2 fully saturated rings. The highest BCUT2D eigenvalue weighted by atomic mass is 16.3. The van der Waals surface area contributed by atoms with Gasteiger partial charge in [-0.1, -0.05) is 27.7 Å². The van der Waals surface area contributed by atoms with E-state index in [0.29, 0.717) is 54.5 Å². The lowest BCUT2D eigenvalue weighted by Gasteiger charge is -2.21. The molecule has 13 heteroatoms. The molecule has 0 spiro atoms. The van der Waals surface area contributed by atoms with E-state index >= 15 is 0 Å². The van der Waals surface area contributed by atoms with Crippen molar-refractivity contribution in [3.05, 3.63) is 36.4 Å². The van der Waals surface area contributed by atoms with Gasteiger partial charge < -0.3 is 35.6 Å². The molecule has 42 heavy (non-hydrogen) atoms. The first-order valence-electron chi connectivity index (χ1n) is 14.6. The molecule has 1 saturated heterocycles. The summed E-state index contributed by atoms with van der Waals surface area (Å²) >= 11 is 0. The number of aliphatic hydroxyl groups is 2. The number of anilines is 2. The number of pyridine rings is 1. The van der Waals surface area contributed by atoms with Gasteiger partial charge >= 0.3 is 0 Å². The van der Waals surface area contributed by atoms with Crippen molar-refractivity contribution < 1.29 is 19.8 Å². The van der Waals surface area contributed by atoms with Crippen molar-refractivity contribution in [3.63, 3.8) is 0 Å². The quantitative estimate of drug-likeness (QED) is 0.251. The number of nitrogens with one attached hydrogen (secondary N) is 3. The van der Waals surface area contributed by atoms with E-state index in [9.17, 15) is 19.8 Å². The van der Waals surface area contributed by atoms with Crippen LogP contribution in [0.2, 0.25) is 0 Å². The molecule has 3 aromatic rings. The fourth-order valence-corrected chi connectivity index (χ4v) is 5.54. The van der Waals surface area contributed by atoms with Gasteiger partial charge in [0.05, 0.1) is 18.4 Å². The molecule has 0 radical (unpaired) electrons. The molecule has 5 atom stereocenters. The van der Waals surface area contributed by atoms with Gasteiger partial charge in [0.25, 0.3) is 5.91 Å². The van der Waals surface area contributed by atoms with Crippen molar-refractivity contribution in [3.8, 4) is 0 Å². The topological polar surface area (TPSA) is 170 Å². The Bertz CT molecular complexity index is 1410. The minimum absolute atomic E-state index is 0.0816. The van der Waals surface area contributed by atoms with Gasteiger partial charge in [-0.3, -0.25) is 14.6 Å². The number of aromatic nitrogens is 5. The third kappa shape index (κ3) is 6.46. The fourth-order valence-electron chi connectivity index (χ4n) is 5.54. The number of fused-ring (bicyclic) bond motifs is 1. The largest absolute Gasteiger partial charge is 0.388 e. The predicted molar refractivity (Wildman–Crippen MR) is 158 cm³/mol. The minimum Gasteiger partial charge on any atom is -0.388 e. The van der Waals surface area contributed by atoms with E-state index in [-0.39, 0.29) is 29.7 Å². The lowest BCUT2D eigenvalue weighted by Crippen LogP contribution is -2.42. The van der Waals surface area contributed by atoms with Crippen LogP contribution < -0.4 is 20.9 Å². The first kappa shape index (κ1) is 29.6. The van der Waals surface area contributed by atoms with Crippen LogP contribution in [0.4, 0.5) is 11.8 Å². The molecule has 1 aliphatic carbocycles. The zero-order chi connectivity index (χ0) is 30.0. The van der Waals surface area contributed by atoms with Crippen LogP contribution in [0.5, 0.6) is 0 Å². The van der Waals surface area contributed by atoms with Crippen molar-refractivity contribution in [1.82, 2.24) is 35.1 Å². The lowest BCUT2D eigenvalue weighted by molar-refractivity contribution is -0.122. The summed E-state index contributed by atoms with van der Waals surface area (Å²) < 4.78 is 1.78. The Balaban J connectivity index is 1.41. The number of rotatable bonds is 9. The standard InChI is InChI=1S/C29H41N9O4/c1-5-21(39)34-19-14-20(24(41)23(19)40)38-16-32-22-25(31-12-9-29(2,3)4)35-28(36-26(22)38)37-13-8-18(15-37)33-27(42)17-6-10-30-11-7-17/h6-7,10-11,16,18-20,23-24,40-41H,5,8-9,12-15H2,1-4H3,(H,33,42)(H,34,39)(H,31,35,36)/t18?,19-,20+,23+,24-/m0/s1. The minimum atomic E-state index is -1.11. The molecule has 2 aliphatic rings. The van der Waals surface area contributed by atoms with Crippen LogP contribution in [-0.2, 0) is 4.79 Å². The van der Waals surface area contributed by atoms with Crippen molar-refractivity contribution in [2.24, 2.45) is 5.41 Å². The van der Waals surface area contributed by atoms with Crippen molar-refractivity contribution >= 4 is 34.7 Å². The Kier molecular flexibility index (Phi) is 8.60. The van der Waals surface area contributed by atoms with E-state index < -0.39 is 24.3 Å². The normalized spacial score (nSPS) is 24.2. The maximum atomic E-state index is 12.7. The number of aliphatic hydroxyl groups excluding tert-OH is 2. The number of amides is 2. The molecule has 5 rings (SSSR count). The Hall–Kier alpha value is -3.84. The SMILES string of the molecule is CCC(=O)N[C@H]1C[C@@H](n2cnc3c(NCCC(C)(C)C)nc(N4CCC(NC(=O)c5ccncc5)C4)nc32)[C@H](O)[C@@H]1O. The molecule has 1 aliphatic heterocycles. The van der Waals surface area contributed by atoms with Gasteiger partial charge in [-0.25, -0.2) is 4.98 Å². The highest BCUT2D eigenvalue weighted by Gasteiger charge is 2.44. The molecule has 1 unspecified atom stereocenters. The number of carbonyl (C=O) groups is 2. The summed E-state index contributed by atoms with van der Waals surface area (Å²) in [5, 5.41) is 31.0. The van der Waals surface area contributed by atoms with Crippen LogP contribution in [0.15, 0.2) is 30.9 Å². The maximum Gasteiger partial charge on any atom is 0.251 e. The summed E-state index contributed by atoms with van der Waals surface area (Å²) in [7, 11) is 0. The van der Waals surface area contributed by atoms with Crippen LogP contribution in [0.3, 0.4) is 0 Å². The third-order valence-corrected chi connectivity index (χ3v) is 8.00. The Morgan fingerprint density at radius 1 is 1.10 bits per heavy atom. The first-order chi connectivity index (χ1) is 20.0. The molecule has 5 N–H and O–H groups in total. The molecule has 3 aromatic heterocycles. The van der Waals surface area contributed by atoms with E-state index in [1.165, 1.54) is 0 Å². The fraction of sp³-hybridized carbons (Fsp3) is 0.586. The first-order valence-corrected chi connectivity index (χ1v) is 14.6. The van der Waals surface area contributed by atoms with Gasteiger partial charge in [-0.2, -0.15) is 9.97 Å². The molecular formula is C29H41N9O4. The van der Waals surface area contributed by atoms with Crippen LogP contribution in [-0.4, -0.2) is 90.5 Å². The molecular weight excluding hydrogens is 538 g/mol. The van der Waals surface area contributed by atoms with Gasteiger partial charge in [0.2, 0.25) is 11.9 Å². The van der Waals surface area contributed by atoms with E-state index in [2.05, 4.69) is 46.7 Å². The molecule has 4 heterocycles. The van der Waals surface area contributed by atoms with E-state index in [1.807, 2.05) is 4.90 Å². The Labute approximate surface area is 245 Å². The molecule has 2 amide bonds. The van der Waals surface area contributed by atoms with Gasteiger partial charge in [-0.05, 0) is 36.8 Å². The summed E-state index contributed by atoms with van der Waals surface area (Å²) in [6.07, 6.45) is 4.84. The van der Waals surface area contributed by atoms with Crippen LogP contribution in [0.25, 0.3) is 11.2 Å². The zero-order valence-corrected chi connectivity index (χ0v) is 24.6. The van der Waals surface area contributed by atoms with E-state index in [1.54, 1.807) is 42.3 Å². The second kappa shape index (κ2) is 12.2. The molecule has 0 bridgehead atoms. The van der Waals surface area contributed by atoms with E-state index in [4.69, 9.17) is 9.97 Å². The van der Waals surface area contributed by atoms with Gasteiger partial charge in [0.1, 0.15) is 12.2 Å². The molecule has 13 nitrogen and oxygen atoms in total. The average molecular weight is 580 g/mol. The molecule has 1 saturated carbocycles. The highest BCUT2D eigenvalue weighted by molar-refractivity contribution is 5.94. The highest BCUT2D eigenvalue weighted by Crippen LogP contribution is 2.35.